The quantitative estimate of drug-likeness (QED) is 0.625. The minimum atomic E-state index is -0.590. The maximum Gasteiger partial charge on any atom is 0.315 e. The Bertz CT molecular complexity index is 659. The Labute approximate surface area is 141 Å². The van der Waals surface area contributed by atoms with Crippen LogP contribution in [0.25, 0.3) is 0 Å². The number of benzene rings is 1. The van der Waals surface area contributed by atoms with Gasteiger partial charge in [0.2, 0.25) is 0 Å². The van der Waals surface area contributed by atoms with Crippen molar-refractivity contribution in [3.8, 4) is 0 Å². The van der Waals surface area contributed by atoms with Gasteiger partial charge in [0.25, 0.3) is 0 Å². The number of amides is 2. The van der Waals surface area contributed by atoms with Crippen LogP contribution < -0.4 is 10.6 Å². The lowest BCUT2D eigenvalue weighted by atomic mass is 10.00. The number of aromatic nitrogens is 2. The van der Waals surface area contributed by atoms with Crippen LogP contribution in [0.1, 0.15) is 16.8 Å². The zero-order chi connectivity index (χ0) is 16.8. The number of nitrogens with one attached hydrogen (secondary N) is 3. The lowest BCUT2D eigenvalue weighted by molar-refractivity contribution is 0.105. The normalized spacial score (nSPS) is 15.5. The highest BCUT2D eigenvalue weighted by Crippen LogP contribution is 2.18. The molecule has 0 spiro atoms. The first kappa shape index (κ1) is 16.5. The van der Waals surface area contributed by atoms with Crippen molar-refractivity contribution < 1.29 is 9.90 Å². The zero-order valence-corrected chi connectivity index (χ0v) is 13.5. The lowest BCUT2D eigenvalue weighted by Gasteiger charge is -2.30. The predicted molar refractivity (Wildman–Crippen MR) is 90.3 cm³/mol. The number of H-pyrrole nitrogens is 1. The molecule has 0 unspecified atom stereocenters. The number of urea groups is 1. The standard InChI is InChI=1S/C17H23N5O2/c23-16(10-19-17(24)18-9-15-5-7-20-21-15)12-22-8-6-13-3-1-2-4-14(13)11-22/h1-5,7,16,23H,6,8-12H2,(H,20,21)(H2,18,19,24)/t16-/m1/s1. The number of hydrogen-bond acceptors (Lipinski definition) is 4. The molecule has 0 radical (unpaired) electrons. The van der Waals surface area contributed by atoms with Crippen molar-refractivity contribution >= 4 is 6.03 Å². The van der Waals surface area contributed by atoms with Crippen molar-refractivity contribution in [3.63, 3.8) is 0 Å². The van der Waals surface area contributed by atoms with Crippen LogP contribution in [0.3, 0.4) is 0 Å². The number of aliphatic hydroxyl groups is 1. The van der Waals surface area contributed by atoms with E-state index < -0.39 is 6.10 Å². The minimum absolute atomic E-state index is 0.229. The van der Waals surface area contributed by atoms with E-state index in [0.29, 0.717) is 13.1 Å². The molecule has 7 heteroatoms. The van der Waals surface area contributed by atoms with Crippen molar-refractivity contribution in [1.82, 2.24) is 25.7 Å². The molecule has 2 amide bonds. The zero-order valence-electron chi connectivity index (χ0n) is 13.5. The molecule has 2 heterocycles. The highest BCUT2D eigenvalue weighted by Gasteiger charge is 2.18. The van der Waals surface area contributed by atoms with E-state index >= 15 is 0 Å². The maximum atomic E-state index is 11.7. The van der Waals surface area contributed by atoms with Gasteiger partial charge in [0.05, 0.1) is 18.3 Å². The third kappa shape index (κ3) is 4.56. The van der Waals surface area contributed by atoms with E-state index in [1.165, 1.54) is 11.1 Å². The molecule has 4 N–H and O–H groups in total. The number of β-amino-alcohol motifs (C(OH)–C–C–N with tert-alkyl or cyclic N) is 1. The smallest absolute Gasteiger partial charge is 0.315 e. The number of hydrogen-bond donors (Lipinski definition) is 4. The molecule has 0 aliphatic carbocycles. The number of fused-ring (bicyclic) bond motifs is 1. The number of aliphatic hydroxyl groups excluding tert-OH is 1. The van der Waals surface area contributed by atoms with Gasteiger partial charge in [0.1, 0.15) is 0 Å². The molecule has 1 aliphatic heterocycles. The van der Waals surface area contributed by atoms with Gasteiger partial charge in [0.15, 0.2) is 0 Å². The van der Waals surface area contributed by atoms with E-state index in [4.69, 9.17) is 0 Å². The van der Waals surface area contributed by atoms with Crippen molar-refractivity contribution in [2.24, 2.45) is 0 Å². The summed E-state index contributed by atoms with van der Waals surface area (Å²) in [6, 6.07) is 9.90. The molecule has 2 aromatic rings. The van der Waals surface area contributed by atoms with Gasteiger partial charge in [-0.15, -0.1) is 0 Å². The van der Waals surface area contributed by atoms with Gasteiger partial charge in [-0.1, -0.05) is 24.3 Å². The molecule has 1 aromatic carbocycles. The third-order valence-electron chi connectivity index (χ3n) is 4.17. The molecule has 1 aliphatic rings. The molecule has 3 rings (SSSR count). The van der Waals surface area contributed by atoms with Crippen LogP contribution in [-0.4, -0.2) is 52.0 Å². The van der Waals surface area contributed by atoms with Gasteiger partial charge in [0, 0.05) is 32.4 Å². The van der Waals surface area contributed by atoms with Crippen molar-refractivity contribution in [2.75, 3.05) is 19.6 Å². The highest BCUT2D eigenvalue weighted by atomic mass is 16.3. The Morgan fingerprint density at radius 3 is 2.92 bits per heavy atom. The number of rotatable bonds is 6. The fraction of sp³-hybridized carbons (Fsp3) is 0.412. The summed E-state index contributed by atoms with van der Waals surface area (Å²) in [5, 5.41) is 22.1. The summed E-state index contributed by atoms with van der Waals surface area (Å²) in [6.45, 7) is 2.94. The Kier molecular flexibility index (Phi) is 5.45. The Balaban J connectivity index is 1.37. The fourth-order valence-electron chi connectivity index (χ4n) is 2.90. The number of aromatic amines is 1. The van der Waals surface area contributed by atoms with Crippen LogP contribution in [-0.2, 0) is 19.5 Å². The predicted octanol–water partition coefficient (Wildman–Crippen LogP) is 0.628. The van der Waals surface area contributed by atoms with E-state index in [9.17, 15) is 9.90 Å². The van der Waals surface area contributed by atoms with Crippen LogP contribution in [0.15, 0.2) is 36.5 Å². The van der Waals surface area contributed by atoms with Gasteiger partial charge in [-0.25, -0.2) is 4.79 Å². The van der Waals surface area contributed by atoms with E-state index in [0.717, 1.165) is 25.2 Å². The Morgan fingerprint density at radius 2 is 2.12 bits per heavy atom. The summed E-state index contributed by atoms with van der Waals surface area (Å²) in [4.78, 5) is 13.9. The van der Waals surface area contributed by atoms with Crippen molar-refractivity contribution in [2.45, 2.75) is 25.6 Å². The topological polar surface area (TPSA) is 93.3 Å². The van der Waals surface area contributed by atoms with Crippen LogP contribution in [0.4, 0.5) is 4.79 Å². The summed E-state index contributed by atoms with van der Waals surface area (Å²) in [5.41, 5.74) is 3.54. The number of carbonyl (C=O) groups excluding carboxylic acids is 1. The van der Waals surface area contributed by atoms with Crippen molar-refractivity contribution in [3.05, 3.63) is 53.3 Å². The van der Waals surface area contributed by atoms with Gasteiger partial charge >= 0.3 is 6.03 Å². The summed E-state index contributed by atoms with van der Waals surface area (Å²) >= 11 is 0. The van der Waals surface area contributed by atoms with Gasteiger partial charge in [-0.3, -0.25) is 10.00 Å². The average molecular weight is 329 g/mol. The van der Waals surface area contributed by atoms with Gasteiger partial charge < -0.3 is 15.7 Å². The molecule has 1 atom stereocenters. The van der Waals surface area contributed by atoms with E-state index in [2.05, 4.69) is 43.9 Å². The van der Waals surface area contributed by atoms with Crippen LogP contribution in [0.5, 0.6) is 0 Å². The van der Waals surface area contributed by atoms with Gasteiger partial charge in [-0.2, -0.15) is 5.10 Å². The summed E-state index contributed by atoms with van der Waals surface area (Å²) in [5.74, 6) is 0. The lowest BCUT2D eigenvalue weighted by Crippen LogP contribution is -2.44. The number of carbonyl (C=O) groups is 1. The molecule has 24 heavy (non-hydrogen) atoms. The summed E-state index contributed by atoms with van der Waals surface area (Å²) in [6.07, 6.45) is 2.05. The first-order valence-corrected chi connectivity index (χ1v) is 8.18. The molecule has 128 valence electrons. The minimum Gasteiger partial charge on any atom is -0.390 e. The summed E-state index contributed by atoms with van der Waals surface area (Å²) in [7, 11) is 0. The number of nitrogens with zero attached hydrogens (tertiary/aromatic N) is 2. The first-order valence-electron chi connectivity index (χ1n) is 8.18. The second kappa shape index (κ2) is 7.94. The third-order valence-corrected chi connectivity index (χ3v) is 4.17. The molecular formula is C17H23N5O2. The highest BCUT2D eigenvalue weighted by molar-refractivity contribution is 5.73. The molecule has 0 saturated heterocycles. The molecule has 7 nitrogen and oxygen atoms in total. The van der Waals surface area contributed by atoms with Crippen LogP contribution in [0, 0.1) is 0 Å². The van der Waals surface area contributed by atoms with Crippen molar-refractivity contribution in [1.29, 1.82) is 0 Å². The Morgan fingerprint density at radius 1 is 1.29 bits per heavy atom. The fourth-order valence-corrected chi connectivity index (χ4v) is 2.90. The largest absolute Gasteiger partial charge is 0.390 e. The molecular weight excluding hydrogens is 306 g/mol. The van der Waals surface area contributed by atoms with Gasteiger partial charge in [-0.05, 0) is 23.6 Å². The second-order valence-electron chi connectivity index (χ2n) is 6.05. The van der Waals surface area contributed by atoms with E-state index in [1.54, 1.807) is 12.3 Å². The monoisotopic (exact) mass is 329 g/mol. The first-order chi connectivity index (χ1) is 11.7. The second-order valence-corrected chi connectivity index (χ2v) is 6.05. The van der Waals surface area contributed by atoms with E-state index in [-0.39, 0.29) is 12.6 Å². The molecule has 0 saturated carbocycles. The molecule has 0 bridgehead atoms. The Hall–Kier alpha value is -2.38. The summed E-state index contributed by atoms with van der Waals surface area (Å²) < 4.78 is 0. The van der Waals surface area contributed by atoms with Crippen LogP contribution >= 0.6 is 0 Å². The SMILES string of the molecule is O=C(NCc1ccn[nH]1)NC[C@@H](O)CN1CCc2ccccc2C1. The average Bonchev–Trinajstić information content (AvgIpc) is 3.11. The van der Waals surface area contributed by atoms with Crippen LogP contribution in [0.2, 0.25) is 0 Å². The maximum absolute atomic E-state index is 11.7. The molecule has 0 fully saturated rings. The van der Waals surface area contributed by atoms with E-state index in [1.807, 2.05) is 6.07 Å². The molecule has 1 aromatic heterocycles.